The number of halogens is 2. The third-order valence-corrected chi connectivity index (χ3v) is 3.47. The molecule has 0 atom stereocenters. The van der Waals surface area contributed by atoms with Crippen LogP contribution in [0.3, 0.4) is 0 Å². The second kappa shape index (κ2) is 6.29. The summed E-state index contributed by atoms with van der Waals surface area (Å²) in [6, 6.07) is 4.83. The number of benzene rings is 1. The largest absolute Gasteiger partial charge is 0.504 e. The molecule has 0 saturated carbocycles. The summed E-state index contributed by atoms with van der Waals surface area (Å²) in [7, 11) is 1.48. The maximum absolute atomic E-state index is 9.59. The molecule has 0 radical (unpaired) electrons. The summed E-state index contributed by atoms with van der Waals surface area (Å²) in [5, 5.41) is 10.3. The Morgan fingerprint density at radius 2 is 1.85 bits per heavy atom. The molecule has 0 spiro atoms. The van der Waals surface area contributed by atoms with Crippen molar-refractivity contribution in [2.24, 2.45) is 0 Å². The van der Waals surface area contributed by atoms with Crippen LogP contribution in [0.5, 0.6) is 11.5 Å². The Bertz CT molecular complexity index is 610. The number of rotatable bonds is 4. The fourth-order valence-electron chi connectivity index (χ4n) is 1.83. The molecule has 0 unspecified atom stereocenters. The van der Waals surface area contributed by atoms with E-state index in [9.17, 15) is 5.11 Å². The van der Waals surface area contributed by atoms with Crippen LogP contribution in [0.15, 0.2) is 18.2 Å². The molecule has 4 nitrogen and oxygen atoms in total. The maximum atomic E-state index is 9.59. The van der Waals surface area contributed by atoms with Gasteiger partial charge in [-0.1, -0.05) is 36.5 Å². The van der Waals surface area contributed by atoms with Gasteiger partial charge in [-0.25, -0.2) is 9.97 Å². The van der Waals surface area contributed by atoms with Crippen LogP contribution in [-0.2, 0) is 6.42 Å². The van der Waals surface area contributed by atoms with Crippen molar-refractivity contribution in [2.45, 2.75) is 19.8 Å². The minimum atomic E-state index is 0.0519. The lowest BCUT2D eigenvalue weighted by Gasteiger charge is -2.09. The summed E-state index contributed by atoms with van der Waals surface area (Å²) in [6.45, 7) is 2.03. The molecule has 0 aliphatic rings. The number of phenolic OH excluding ortho intramolecular Hbond substituents is 1. The first-order valence-electron chi connectivity index (χ1n) is 6.16. The predicted octanol–water partition coefficient (Wildman–Crippen LogP) is 4.12. The van der Waals surface area contributed by atoms with Crippen LogP contribution >= 0.6 is 23.2 Å². The van der Waals surface area contributed by atoms with Gasteiger partial charge in [-0.05, 0) is 24.6 Å². The molecule has 1 heterocycles. The number of ether oxygens (including phenoxy) is 1. The molecule has 1 N–H and O–H groups in total. The number of phenols is 1. The average molecular weight is 313 g/mol. The zero-order chi connectivity index (χ0) is 14.7. The first-order chi connectivity index (χ1) is 9.56. The lowest BCUT2D eigenvalue weighted by molar-refractivity contribution is 0.373. The Morgan fingerprint density at radius 3 is 2.40 bits per heavy atom. The normalized spacial score (nSPS) is 10.6. The Morgan fingerprint density at radius 1 is 1.20 bits per heavy atom. The molecule has 2 rings (SSSR count). The second-order valence-corrected chi connectivity index (χ2v) is 4.96. The SMILES string of the molecule is CCCc1c(Cl)nc(-c2ccc(O)c(OC)c2)nc1Cl. The molecular formula is C14H14Cl2N2O2. The number of nitrogens with zero attached hydrogens (tertiary/aromatic N) is 2. The molecule has 2 aromatic rings. The lowest BCUT2D eigenvalue weighted by Crippen LogP contribution is -1.98. The van der Waals surface area contributed by atoms with E-state index in [1.807, 2.05) is 6.92 Å². The van der Waals surface area contributed by atoms with E-state index in [-0.39, 0.29) is 5.75 Å². The number of methoxy groups -OCH3 is 1. The second-order valence-electron chi connectivity index (χ2n) is 4.24. The highest BCUT2D eigenvalue weighted by Crippen LogP contribution is 2.32. The van der Waals surface area contributed by atoms with Crippen LogP contribution in [-0.4, -0.2) is 22.2 Å². The highest BCUT2D eigenvalue weighted by molar-refractivity contribution is 6.34. The van der Waals surface area contributed by atoms with Crippen LogP contribution in [0.4, 0.5) is 0 Å². The standard InChI is InChI=1S/C14H14Cl2N2O2/c1-3-4-9-12(15)17-14(18-13(9)16)8-5-6-10(19)11(7-8)20-2/h5-7,19H,3-4H2,1-2H3. The minimum absolute atomic E-state index is 0.0519. The average Bonchev–Trinajstić information content (AvgIpc) is 2.43. The summed E-state index contributed by atoms with van der Waals surface area (Å²) in [5.74, 6) is 0.796. The van der Waals surface area contributed by atoms with Gasteiger partial charge in [0, 0.05) is 11.1 Å². The Hall–Kier alpha value is -1.52. The van der Waals surface area contributed by atoms with Gasteiger partial charge in [-0.2, -0.15) is 0 Å². The van der Waals surface area contributed by atoms with Crippen molar-refractivity contribution in [2.75, 3.05) is 7.11 Å². The topological polar surface area (TPSA) is 55.2 Å². The van der Waals surface area contributed by atoms with Crippen LogP contribution < -0.4 is 4.74 Å². The molecule has 20 heavy (non-hydrogen) atoms. The van der Waals surface area contributed by atoms with E-state index < -0.39 is 0 Å². The van der Waals surface area contributed by atoms with E-state index in [4.69, 9.17) is 27.9 Å². The Labute approximate surface area is 127 Å². The minimum Gasteiger partial charge on any atom is -0.504 e. The van der Waals surface area contributed by atoms with Gasteiger partial charge in [0.2, 0.25) is 0 Å². The smallest absolute Gasteiger partial charge is 0.162 e. The van der Waals surface area contributed by atoms with Crippen LogP contribution in [0, 0.1) is 0 Å². The van der Waals surface area contributed by atoms with Crippen LogP contribution in [0.1, 0.15) is 18.9 Å². The number of hydrogen-bond acceptors (Lipinski definition) is 4. The predicted molar refractivity (Wildman–Crippen MR) is 79.7 cm³/mol. The molecule has 0 aliphatic carbocycles. The molecular weight excluding hydrogens is 299 g/mol. The fraction of sp³-hybridized carbons (Fsp3) is 0.286. The van der Waals surface area contributed by atoms with E-state index in [0.717, 1.165) is 18.4 Å². The van der Waals surface area contributed by atoms with E-state index in [1.165, 1.54) is 13.2 Å². The molecule has 0 fully saturated rings. The number of aromatic nitrogens is 2. The summed E-state index contributed by atoms with van der Waals surface area (Å²) in [5.41, 5.74) is 1.43. The van der Waals surface area contributed by atoms with Crippen molar-refractivity contribution < 1.29 is 9.84 Å². The van der Waals surface area contributed by atoms with Crippen molar-refractivity contribution in [3.05, 3.63) is 34.1 Å². The number of hydrogen-bond donors (Lipinski definition) is 1. The van der Waals surface area contributed by atoms with E-state index in [0.29, 0.717) is 27.4 Å². The first-order valence-corrected chi connectivity index (χ1v) is 6.91. The number of aromatic hydroxyl groups is 1. The van der Waals surface area contributed by atoms with Gasteiger partial charge in [-0.3, -0.25) is 0 Å². The third kappa shape index (κ3) is 2.97. The Kier molecular flexibility index (Phi) is 4.68. The van der Waals surface area contributed by atoms with E-state index in [1.54, 1.807) is 12.1 Å². The third-order valence-electron chi connectivity index (χ3n) is 2.84. The maximum Gasteiger partial charge on any atom is 0.162 e. The first kappa shape index (κ1) is 14.9. The van der Waals surface area contributed by atoms with Crippen LogP contribution in [0.25, 0.3) is 11.4 Å². The molecule has 0 aliphatic heterocycles. The van der Waals surface area contributed by atoms with Gasteiger partial charge >= 0.3 is 0 Å². The fourth-order valence-corrected chi connectivity index (χ4v) is 2.41. The molecule has 0 amide bonds. The van der Waals surface area contributed by atoms with Crippen molar-refractivity contribution in [3.63, 3.8) is 0 Å². The van der Waals surface area contributed by atoms with Gasteiger partial charge in [-0.15, -0.1) is 0 Å². The van der Waals surface area contributed by atoms with Crippen molar-refractivity contribution in [1.29, 1.82) is 0 Å². The van der Waals surface area contributed by atoms with Gasteiger partial charge in [0.1, 0.15) is 10.3 Å². The van der Waals surface area contributed by atoms with Crippen molar-refractivity contribution in [3.8, 4) is 22.9 Å². The van der Waals surface area contributed by atoms with Crippen LogP contribution in [0.2, 0.25) is 10.3 Å². The van der Waals surface area contributed by atoms with Crippen molar-refractivity contribution in [1.82, 2.24) is 9.97 Å². The molecule has 6 heteroatoms. The summed E-state index contributed by atoms with van der Waals surface area (Å²) < 4.78 is 5.06. The summed E-state index contributed by atoms with van der Waals surface area (Å²) in [6.07, 6.45) is 1.64. The quantitative estimate of drug-likeness (QED) is 0.863. The monoisotopic (exact) mass is 312 g/mol. The highest BCUT2D eigenvalue weighted by atomic mass is 35.5. The lowest BCUT2D eigenvalue weighted by atomic mass is 10.1. The Balaban J connectivity index is 2.48. The van der Waals surface area contributed by atoms with Gasteiger partial charge < -0.3 is 9.84 Å². The zero-order valence-corrected chi connectivity index (χ0v) is 12.7. The van der Waals surface area contributed by atoms with E-state index >= 15 is 0 Å². The molecule has 106 valence electrons. The van der Waals surface area contributed by atoms with E-state index in [2.05, 4.69) is 9.97 Å². The zero-order valence-electron chi connectivity index (χ0n) is 11.2. The summed E-state index contributed by atoms with van der Waals surface area (Å²) in [4.78, 5) is 8.52. The van der Waals surface area contributed by atoms with Gasteiger partial charge in [0.25, 0.3) is 0 Å². The van der Waals surface area contributed by atoms with Gasteiger partial charge in [0.05, 0.1) is 7.11 Å². The highest BCUT2D eigenvalue weighted by Gasteiger charge is 2.13. The summed E-state index contributed by atoms with van der Waals surface area (Å²) >= 11 is 12.3. The van der Waals surface area contributed by atoms with Gasteiger partial charge in [0.15, 0.2) is 17.3 Å². The molecule has 0 bridgehead atoms. The molecule has 1 aromatic carbocycles. The molecule has 1 aromatic heterocycles. The molecule has 0 saturated heterocycles. The van der Waals surface area contributed by atoms with Crippen molar-refractivity contribution >= 4 is 23.2 Å².